The first-order valence-electron chi connectivity index (χ1n) is 5.87. The van der Waals surface area contributed by atoms with E-state index in [0.29, 0.717) is 0 Å². The molecule has 1 amide bonds. The highest BCUT2D eigenvalue weighted by molar-refractivity contribution is 5.92. The predicted octanol–water partition coefficient (Wildman–Crippen LogP) is 1.51. The standard InChI is InChI=1S/C12H22N2O/c1-4-6-11(3)12(15)14-9-7-13(5-2)8-10-14/h6H,4-5,7-10H2,1-3H3/b11-6+. The summed E-state index contributed by atoms with van der Waals surface area (Å²) < 4.78 is 0. The van der Waals surface area contributed by atoms with E-state index in [2.05, 4.69) is 18.7 Å². The summed E-state index contributed by atoms with van der Waals surface area (Å²) in [4.78, 5) is 16.3. The van der Waals surface area contributed by atoms with Crippen LogP contribution in [0.25, 0.3) is 0 Å². The van der Waals surface area contributed by atoms with Crippen molar-refractivity contribution in [3.05, 3.63) is 11.6 Å². The minimum absolute atomic E-state index is 0.215. The van der Waals surface area contributed by atoms with Gasteiger partial charge in [0.15, 0.2) is 0 Å². The number of piperazine rings is 1. The van der Waals surface area contributed by atoms with E-state index < -0.39 is 0 Å². The van der Waals surface area contributed by atoms with E-state index in [0.717, 1.165) is 44.7 Å². The van der Waals surface area contributed by atoms with Crippen molar-refractivity contribution in [2.75, 3.05) is 32.7 Å². The second-order valence-electron chi connectivity index (χ2n) is 4.02. The van der Waals surface area contributed by atoms with Gasteiger partial charge in [0, 0.05) is 31.8 Å². The topological polar surface area (TPSA) is 23.6 Å². The normalized spacial score (nSPS) is 19.4. The van der Waals surface area contributed by atoms with Crippen LogP contribution in [0.1, 0.15) is 27.2 Å². The van der Waals surface area contributed by atoms with Crippen LogP contribution in [0.2, 0.25) is 0 Å². The molecule has 0 spiro atoms. The van der Waals surface area contributed by atoms with Crippen LogP contribution in [-0.4, -0.2) is 48.4 Å². The second-order valence-corrected chi connectivity index (χ2v) is 4.02. The summed E-state index contributed by atoms with van der Waals surface area (Å²) in [5.74, 6) is 0.215. The number of hydrogen-bond donors (Lipinski definition) is 0. The summed E-state index contributed by atoms with van der Waals surface area (Å²) in [6.07, 6.45) is 2.95. The maximum Gasteiger partial charge on any atom is 0.249 e. The molecule has 3 heteroatoms. The van der Waals surface area contributed by atoms with Crippen LogP contribution in [-0.2, 0) is 4.79 Å². The van der Waals surface area contributed by atoms with Gasteiger partial charge in [0.2, 0.25) is 5.91 Å². The van der Waals surface area contributed by atoms with Crippen LogP contribution in [0, 0.1) is 0 Å². The van der Waals surface area contributed by atoms with E-state index in [4.69, 9.17) is 0 Å². The molecule has 1 rings (SSSR count). The fourth-order valence-corrected chi connectivity index (χ4v) is 1.91. The summed E-state index contributed by atoms with van der Waals surface area (Å²) in [7, 11) is 0. The number of amides is 1. The number of rotatable bonds is 3. The van der Waals surface area contributed by atoms with Crippen molar-refractivity contribution in [2.45, 2.75) is 27.2 Å². The van der Waals surface area contributed by atoms with Gasteiger partial charge in [-0.3, -0.25) is 4.79 Å². The number of hydrogen-bond acceptors (Lipinski definition) is 2. The maximum atomic E-state index is 11.9. The number of carbonyl (C=O) groups excluding carboxylic acids is 1. The Morgan fingerprint density at radius 1 is 1.20 bits per heavy atom. The molecule has 0 atom stereocenters. The second kappa shape index (κ2) is 5.91. The molecule has 1 heterocycles. The van der Waals surface area contributed by atoms with Gasteiger partial charge in [-0.25, -0.2) is 0 Å². The molecule has 0 aliphatic carbocycles. The molecular formula is C12H22N2O. The lowest BCUT2D eigenvalue weighted by Gasteiger charge is -2.34. The van der Waals surface area contributed by atoms with Gasteiger partial charge < -0.3 is 9.80 Å². The van der Waals surface area contributed by atoms with Crippen LogP contribution < -0.4 is 0 Å². The molecule has 0 N–H and O–H groups in total. The highest BCUT2D eigenvalue weighted by Gasteiger charge is 2.20. The van der Waals surface area contributed by atoms with Gasteiger partial charge in [-0.2, -0.15) is 0 Å². The zero-order valence-electron chi connectivity index (χ0n) is 10.1. The first kappa shape index (κ1) is 12.2. The summed E-state index contributed by atoms with van der Waals surface area (Å²) in [5.41, 5.74) is 0.891. The van der Waals surface area contributed by atoms with Crippen molar-refractivity contribution in [2.24, 2.45) is 0 Å². The van der Waals surface area contributed by atoms with Crippen molar-refractivity contribution < 1.29 is 4.79 Å². The zero-order valence-corrected chi connectivity index (χ0v) is 10.1. The molecule has 1 fully saturated rings. The first-order valence-corrected chi connectivity index (χ1v) is 5.87. The molecule has 15 heavy (non-hydrogen) atoms. The van der Waals surface area contributed by atoms with Gasteiger partial charge in [0.25, 0.3) is 0 Å². The lowest BCUT2D eigenvalue weighted by molar-refractivity contribution is -0.128. The van der Waals surface area contributed by atoms with Gasteiger partial charge >= 0.3 is 0 Å². The molecule has 0 aromatic rings. The quantitative estimate of drug-likeness (QED) is 0.659. The Morgan fingerprint density at radius 3 is 2.27 bits per heavy atom. The zero-order chi connectivity index (χ0) is 11.3. The van der Waals surface area contributed by atoms with E-state index in [1.807, 2.05) is 17.9 Å². The van der Waals surface area contributed by atoms with E-state index in [-0.39, 0.29) is 5.91 Å². The molecule has 1 aliphatic rings. The Balaban J connectivity index is 2.46. The lowest BCUT2D eigenvalue weighted by Crippen LogP contribution is -2.48. The lowest BCUT2D eigenvalue weighted by atomic mass is 10.2. The molecular weight excluding hydrogens is 188 g/mol. The third-order valence-electron chi connectivity index (χ3n) is 2.95. The van der Waals surface area contributed by atoms with Crippen molar-refractivity contribution in [3.8, 4) is 0 Å². The number of allylic oxidation sites excluding steroid dienone is 1. The van der Waals surface area contributed by atoms with Crippen molar-refractivity contribution in [3.63, 3.8) is 0 Å². The average molecular weight is 210 g/mol. The summed E-state index contributed by atoms with van der Waals surface area (Å²) in [6, 6.07) is 0. The van der Waals surface area contributed by atoms with Crippen LogP contribution in [0.5, 0.6) is 0 Å². The number of likely N-dealkylation sites (N-methyl/N-ethyl adjacent to an activating group) is 1. The van der Waals surface area contributed by atoms with Gasteiger partial charge in [-0.15, -0.1) is 0 Å². The maximum absolute atomic E-state index is 11.9. The van der Waals surface area contributed by atoms with E-state index >= 15 is 0 Å². The van der Waals surface area contributed by atoms with Crippen molar-refractivity contribution >= 4 is 5.91 Å². The minimum Gasteiger partial charge on any atom is -0.336 e. The molecule has 86 valence electrons. The van der Waals surface area contributed by atoms with Crippen LogP contribution in [0.15, 0.2) is 11.6 Å². The average Bonchev–Trinajstić information content (AvgIpc) is 2.28. The fourth-order valence-electron chi connectivity index (χ4n) is 1.91. The molecule has 0 saturated carbocycles. The largest absolute Gasteiger partial charge is 0.336 e. The smallest absolute Gasteiger partial charge is 0.249 e. The highest BCUT2D eigenvalue weighted by Crippen LogP contribution is 2.07. The van der Waals surface area contributed by atoms with Crippen LogP contribution >= 0.6 is 0 Å². The van der Waals surface area contributed by atoms with Gasteiger partial charge in [0.05, 0.1) is 0 Å². The highest BCUT2D eigenvalue weighted by atomic mass is 16.2. The van der Waals surface area contributed by atoms with Gasteiger partial charge in [0.1, 0.15) is 0 Å². The van der Waals surface area contributed by atoms with Crippen molar-refractivity contribution in [1.29, 1.82) is 0 Å². The van der Waals surface area contributed by atoms with Gasteiger partial charge in [-0.1, -0.05) is 19.9 Å². The first-order chi connectivity index (χ1) is 7.19. The van der Waals surface area contributed by atoms with Crippen LogP contribution in [0.3, 0.4) is 0 Å². The Morgan fingerprint density at radius 2 is 1.80 bits per heavy atom. The number of carbonyl (C=O) groups is 1. The monoisotopic (exact) mass is 210 g/mol. The third-order valence-corrected chi connectivity index (χ3v) is 2.95. The Kier molecular flexibility index (Phi) is 4.82. The molecule has 0 aromatic carbocycles. The molecule has 0 aromatic heterocycles. The number of nitrogens with zero attached hydrogens (tertiary/aromatic N) is 2. The molecule has 0 unspecified atom stereocenters. The Bertz CT molecular complexity index is 240. The molecule has 1 saturated heterocycles. The summed E-state index contributed by atoms with van der Waals surface area (Å²) in [5, 5.41) is 0. The molecule has 1 aliphatic heterocycles. The molecule has 0 radical (unpaired) electrons. The summed E-state index contributed by atoms with van der Waals surface area (Å²) >= 11 is 0. The SMILES string of the molecule is CC/C=C(\C)C(=O)N1CCN(CC)CC1. The molecule has 0 bridgehead atoms. The van der Waals surface area contributed by atoms with Crippen molar-refractivity contribution in [1.82, 2.24) is 9.80 Å². The Labute approximate surface area is 92.7 Å². The van der Waals surface area contributed by atoms with E-state index in [1.165, 1.54) is 0 Å². The fraction of sp³-hybridized carbons (Fsp3) is 0.750. The van der Waals surface area contributed by atoms with E-state index in [9.17, 15) is 4.79 Å². The third kappa shape index (κ3) is 3.34. The predicted molar refractivity (Wildman–Crippen MR) is 62.7 cm³/mol. The Hall–Kier alpha value is -0.830. The minimum atomic E-state index is 0.215. The summed E-state index contributed by atoms with van der Waals surface area (Å²) in [6.45, 7) is 11.0. The molecule has 3 nitrogen and oxygen atoms in total. The van der Waals surface area contributed by atoms with Crippen LogP contribution in [0.4, 0.5) is 0 Å². The van der Waals surface area contributed by atoms with Gasteiger partial charge in [-0.05, 0) is 19.9 Å². The van der Waals surface area contributed by atoms with E-state index in [1.54, 1.807) is 0 Å².